The molecular weight excluding hydrogens is 294 g/mol. The zero-order valence-corrected chi connectivity index (χ0v) is 11.7. The number of carbonyl (C=O) groups is 1. The van der Waals surface area contributed by atoms with Crippen molar-refractivity contribution in [1.29, 1.82) is 0 Å². The molecule has 0 aromatic carbocycles. The summed E-state index contributed by atoms with van der Waals surface area (Å²) in [6.07, 6.45) is -7.83. The van der Waals surface area contributed by atoms with E-state index in [1.807, 2.05) is 0 Å². The molecule has 0 spiro atoms. The number of primary amides is 1. The van der Waals surface area contributed by atoms with Gasteiger partial charge in [-0.2, -0.15) is 13.2 Å². The summed E-state index contributed by atoms with van der Waals surface area (Å²) in [5.41, 5.74) is 3.47. The van der Waals surface area contributed by atoms with Crippen molar-refractivity contribution in [2.24, 2.45) is 5.73 Å². The average Bonchev–Trinajstić information content (AvgIpc) is 2.67. The summed E-state index contributed by atoms with van der Waals surface area (Å²) in [4.78, 5) is 14.2. The van der Waals surface area contributed by atoms with Crippen molar-refractivity contribution in [3.05, 3.63) is 0 Å². The molecule has 0 aromatic rings. The van der Waals surface area contributed by atoms with Gasteiger partial charge in [0.15, 0.2) is 6.10 Å². The van der Waals surface area contributed by atoms with Gasteiger partial charge in [0.25, 0.3) is 0 Å². The number of likely N-dealkylation sites (tertiary alicyclic amines) is 1. The highest BCUT2D eigenvalue weighted by Crippen LogP contribution is 2.31. The number of carbonyl (C=O) groups excluding carboxylic acids is 1. The predicted octanol–water partition coefficient (Wildman–Crippen LogP) is 0.147. The van der Waals surface area contributed by atoms with E-state index in [2.05, 4.69) is 4.74 Å². The first-order valence-corrected chi connectivity index (χ1v) is 6.70. The van der Waals surface area contributed by atoms with Crippen molar-refractivity contribution < 1.29 is 27.1 Å². The minimum absolute atomic E-state index is 0.114. The minimum atomic E-state index is -4.61. The second-order valence-electron chi connectivity index (χ2n) is 5.89. The summed E-state index contributed by atoms with van der Waals surface area (Å²) in [5.74, 6) is -0.967. The number of nitrogens with two attached hydrogens (primary N) is 1. The summed E-state index contributed by atoms with van der Waals surface area (Å²) < 4.78 is 57.7. The van der Waals surface area contributed by atoms with Crippen LogP contribution in [0.2, 0.25) is 0 Å². The van der Waals surface area contributed by atoms with Crippen LogP contribution in [0.3, 0.4) is 0 Å². The molecule has 0 bridgehead atoms. The molecule has 5 nitrogen and oxygen atoms in total. The summed E-state index contributed by atoms with van der Waals surface area (Å²) in [5, 5.41) is 0. The van der Waals surface area contributed by atoms with E-state index in [0.29, 0.717) is 6.54 Å². The molecule has 2 unspecified atom stereocenters. The maximum atomic E-state index is 14.6. The number of amides is 1. The van der Waals surface area contributed by atoms with E-state index in [4.69, 9.17) is 5.73 Å². The van der Waals surface area contributed by atoms with Crippen molar-refractivity contribution in [2.75, 3.05) is 39.8 Å². The Bertz CT molecular complexity index is 406. The number of rotatable bonds is 3. The van der Waals surface area contributed by atoms with Gasteiger partial charge in [0.05, 0.1) is 0 Å². The summed E-state index contributed by atoms with van der Waals surface area (Å²) in [6.45, 7) is -0.0257. The fourth-order valence-electron chi connectivity index (χ4n) is 2.86. The average molecular weight is 313 g/mol. The molecule has 2 aliphatic heterocycles. The second-order valence-corrected chi connectivity index (χ2v) is 5.89. The third-order valence-electron chi connectivity index (χ3n) is 3.86. The highest BCUT2D eigenvalue weighted by atomic mass is 19.4. The molecule has 0 aliphatic carbocycles. The molecule has 2 N–H and O–H groups in total. The van der Waals surface area contributed by atoms with Gasteiger partial charge in [0.1, 0.15) is 11.8 Å². The molecule has 21 heavy (non-hydrogen) atoms. The molecular formula is C12H19F4N3O2. The molecule has 9 heteroatoms. The van der Waals surface area contributed by atoms with Crippen molar-refractivity contribution in [2.45, 2.75) is 30.5 Å². The van der Waals surface area contributed by atoms with Crippen LogP contribution < -0.4 is 5.73 Å². The molecule has 0 saturated carbocycles. The number of hydrogen-bond acceptors (Lipinski definition) is 4. The van der Waals surface area contributed by atoms with Crippen LogP contribution in [0, 0.1) is 0 Å². The molecule has 122 valence electrons. The number of halogens is 4. The zero-order chi connectivity index (χ0) is 15.8. The standard InChI is InChI=1S/C12H19F4N3O2/c1-18-3-2-11(13,6-18)7-19-4-8(10(17)20)21-9(5-19)12(14,15)16/h8-9H,2-7H2,1H3,(H2,17,20)/t8?,9?,11-/m0/s1. The van der Waals surface area contributed by atoms with Gasteiger partial charge in [0, 0.05) is 32.7 Å². The number of nitrogens with zero attached hydrogens (tertiary/aromatic N) is 2. The van der Waals surface area contributed by atoms with Gasteiger partial charge in [-0.1, -0.05) is 0 Å². The number of alkyl halides is 4. The van der Waals surface area contributed by atoms with E-state index in [9.17, 15) is 22.4 Å². The van der Waals surface area contributed by atoms with Crippen LogP contribution in [-0.2, 0) is 9.53 Å². The SMILES string of the molecule is CN1CC[C@@](F)(CN2CC(C(N)=O)OC(C(F)(F)F)C2)C1. The first-order valence-electron chi connectivity index (χ1n) is 6.70. The van der Waals surface area contributed by atoms with Gasteiger partial charge in [-0.05, 0) is 13.5 Å². The predicted molar refractivity (Wildman–Crippen MR) is 66.3 cm³/mol. The quantitative estimate of drug-likeness (QED) is 0.754. The highest BCUT2D eigenvalue weighted by molar-refractivity contribution is 5.79. The molecule has 2 fully saturated rings. The zero-order valence-electron chi connectivity index (χ0n) is 11.7. The maximum absolute atomic E-state index is 14.6. The van der Waals surface area contributed by atoms with E-state index in [1.54, 1.807) is 11.9 Å². The largest absolute Gasteiger partial charge is 0.415 e. The number of morpholine rings is 1. The van der Waals surface area contributed by atoms with Crippen molar-refractivity contribution in [1.82, 2.24) is 9.80 Å². The van der Waals surface area contributed by atoms with E-state index in [0.717, 1.165) is 0 Å². The Morgan fingerprint density at radius 3 is 2.57 bits per heavy atom. The summed E-state index contributed by atoms with van der Waals surface area (Å²) >= 11 is 0. The fourth-order valence-corrected chi connectivity index (χ4v) is 2.86. The third kappa shape index (κ3) is 4.04. The highest BCUT2D eigenvalue weighted by Gasteiger charge is 2.49. The molecule has 3 atom stereocenters. The first-order chi connectivity index (χ1) is 9.59. The summed E-state index contributed by atoms with van der Waals surface area (Å²) in [7, 11) is 1.76. The number of ether oxygens (including phenoxy) is 1. The van der Waals surface area contributed by atoms with E-state index >= 15 is 0 Å². The third-order valence-corrected chi connectivity index (χ3v) is 3.86. The minimum Gasteiger partial charge on any atom is -0.367 e. The molecule has 0 radical (unpaired) electrons. The Hall–Kier alpha value is -0.930. The molecule has 2 rings (SSSR count). The smallest absolute Gasteiger partial charge is 0.367 e. The molecule has 2 aliphatic rings. The fraction of sp³-hybridized carbons (Fsp3) is 0.917. The van der Waals surface area contributed by atoms with Gasteiger partial charge in [-0.25, -0.2) is 4.39 Å². The Morgan fingerprint density at radius 2 is 2.10 bits per heavy atom. The second kappa shape index (κ2) is 5.69. The normalized spacial score (nSPS) is 36.0. The van der Waals surface area contributed by atoms with Crippen molar-refractivity contribution in [3.63, 3.8) is 0 Å². The van der Waals surface area contributed by atoms with Crippen LogP contribution in [0.15, 0.2) is 0 Å². The molecule has 0 aromatic heterocycles. The van der Waals surface area contributed by atoms with E-state index < -0.39 is 36.5 Å². The lowest BCUT2D eigenvalue weighted by molar-refractivity contribution is -0.251. The van der Waals surface area contributed by atoms with Crippen LogP contribution in [0.5, 0.6) is 0 Å². The summed E-state index contributed by atoms with van der Waals surface area (Å²) in [6, 6.07) is 0. The van der Waals surface area contributed by atoms with Gasteiger partial charge in [0.2, 0.25) is 5.91 Å². The molecule has 1 amide bonds. The molecule has 2 saturated heterocycles. The lowest BCUT2D eigenvalue weighted by atomic mass is 10.0. The van der Waals surface area contributed by atoms with Crippen molar-refractivity contribution >= 4 is 5.91 Å². The first kappa shape index (κ1) is 16.4. The van der Waals surface area contributed by atoms with Crippen molar-refractivity contribution in [3.8, 4) is 0 Å². The van der Waals surface area contributed by atoms with Crippen LogP contribution in [0.25, 0.3) is 0 Å². The van der Waals surface area contributed by atoms with Gasteiger partial charge in [-0.3, -0.25) is 9.69 Å². The van der Waals surface area contributed by atoms with Crippen LogP contribution in [0.1, 0.15) is 6.42 Å². The maximum Gasteiger partial charge on any atom is 0.415 e. The lowest BCUT2D eigenvalue weighted by Gasteiger charge is -2.39. The van der Waals surface area contributed by atoms with Gasteiger partial charge < -0.3 is 15.4 Å². The Kier molecular flexibility index (Phi) is 4.46. The number of hydrogen-bond donors (Lipinski definition) is 1. The Morgan fingerprint density at radius 1 is 1.43 bits per heavy atom. The molecule has 2 heterocycles. The van der Waals surface area contributed by atoms with Gasteiger partial charge >= 0.3 is 6.18 Å². The van der Waals surface area contributed by atoms with E-state index in [-0.39, 0.29) is 26.1 Å². The Balaban J connectivity index is 2.06. The van der Waals surface area contributed by atoms with E-state index in [1.165, 1.54) is 4.90 Å². The topological polar surface area (TPSA) is 58.8 Å². The van der Waals surface area contributed by atoms with Crippen LogP contribution in [0.4, 0.5) is 17.6 Å². The Labute approximate surface area is 120 Å². The van der Waals surface area contributed by atoms with Crippen LogP contribution >= 0.6 is 0 Å². The lowest BCUT2D eigenvalue weighted by Crippen LogP contribution is -2.58. The van der Waals surface area contributed by atoms with Crippen LogP contribution in [-0.4, -0.2) is 79.5 Å². The van der Waals surface area contributed by atoms with Gasteiger partial charge in [-0.15, -0.1) is 0 Å². The monoisotopic (exact) mass is 313 g/mol.